The van der Waals surface area contributed by atoms with Crippen molar-refractivity contribution in [2.45, 2.75) is 40.0 Å². The molecule has 8 nitrogen and oxygen atoms in total. The van der Waals surface area contributed by atoms with Crippen molar-refractivity contribution in [2.24, 2.45) is 11.8 Å². The predicted octanol–water partition coefficient (Wildman–Crippen LogP) is 4.46. The molecule has 3 atom stereocenters. The van der Waals surface area contributed by atoms with Gasteiger partial charge in [0.1, 0.15) is 12.5 Å². The number of hydrogen-bond donors (Lipinski definition) is 2. The van der Waals surface area contributed by atoms with Crippen LogP contribution in [0, 0.1) is 11.8 Å². The molecule has 0 spiro atoms. The normalized spacial score (nSPS) is 21.6. The fraction of sp³-hybridized carbons (Fsp3) is 0.500. The predicted molar refractivity (Wildman–Crippen MR) is 141 cm³/mol. The van der Waals surface area contributed by atoms with Crippen LogP contribution >= 0.6 is 27.7 Å². The van der Waals surface area contributed by atoms with Gasteiger partial charge in [-0.15, -0.1) is 0 Å². The van der Waals surface area contributed by atoms with Crippen LogP contribution in [0.1, 0.15) is 45.6 Å². The molecule has 3 rings (SSSR count). The number of carbonyl (C=O) groups excluding carboxylic acids is 3. The summed E-state index contributed by atoms with van der Waals surface area (Å²) in [6.07, 6.45) is 0.432. The first-order valence-electron chi connectivity index (χ1n) is 11.9. The molecule has 2 N–H and O–H groups in total. The smallest absolute Gasteiger partial charge is 0.336 e. The highest BCUT2D eigenvalue weighted by Crippen LogP contribution is 2.48. The molecule has 0 saturated heterocycles. The van der Waals surface area contributed by atoms with Crippen molar-refractivity contribution < 1.29 is 33.7 Å². The lowest BCUT2D eigenvalue weighted by Crippen LogP contribution is -2.43. The number of allylic oxidation sites excluding steroid dienone is 3. The standard InChI is InChI=1S/C26H32BrNO7S/c1-6-34-18-12-15(11-16(27)23(18)29)21-20(26(32)35-8-9-36-7-2)14(4)28-17-10-13(3)19(25(31)33-5)24(30)22(17)21/h11-13,19,21,28-29H,6-10H2,1-5H3/t13-,19+,21-/m1/s1. The number of ether oxygens (including phenoxy) is 3. The van der Waals surface area contributed by atoms with E-state index >= 15 is 0 Å². The van der Waals surface area contributed by atoms with Gasteiger partial charge in [-0.1, -0.05) is 13.8 Å². The maximum atomic E-state index is 13.8. The summed E-state index contributed by atoms with van der Waals surface area (Å²) in [5, 5.41) is 13.7. The lowest BCUT2D eigenvalue weighted by atomic mass is 9.69. The van der Waals surface area contributed by atoms with E-state index < -0.39 is 29.6 Å². The minimum Gasteiger partial charge on any atom is -0.503 e. The maximum absolute atomic E-state index is 13.8. The number of nitrogens with one attached hydrogen (secondary N) is 1. The molecule has 0 fully saturated rings. The number of phenols is 1. The molecule has 0 unspecified atom stereocenters. The molecular weight excluding hydrogens is 550 g/mol. The first-order valence-corrected chi connectivity index (χ1v) is 13.8. The molecule has 0 saturated carbocycles. The van der Waals surface area contributed by atoms with Gasteiger partial charge in [0.15, 0.2) is 17.3 Å². The maximum Gasteiger partial charge on any atom is 0.336 e. The summed E-state index contributed by atoms with van der Waals surface area (Å²) < 4.78 is 16.5. The van der Waals surface area contributed by atoms with Crippen molar-refractivity contribution in [3.05, 3.63) is 44.7 Å². The molecule has 2 aliphatic rings. The number of ketones is 1. The number of benzene rings is 1. The third-order valence-corrected chi connectivity index (χ3v) is 7.78. The number of hydrogen-bond acceptors (Lipinski definition) is 9. The highest BCUT2D eigenvalue weighted by Gasteiger charge is 2.47. The quantitative estimate of drug-likeness (QED) is 0.248. The van der Waals surface area contributed by atoms with Crippen LogP contribution in [0.15, 0.2) is 39.1 Å². The molecule has 1 heterocycles. The van der Waals surface area contributed by atoms with Gasteiger partial charge < -0.3 is 24.6 Å². The zero-order chi connectivity index (χ0) is 26.6. The second-order valence-corrected chi connectivity index (χ2v) is 10.9. The Hall–Kier alpha value is -2.46. The largest absolute Gasteiger partial charge is 0.503 e. The van der Waals surface area contributed by atoms with Gasteiger partial charge in [-0.25, -0.2) is 4.79 Å². The van der Waals surface area contributed by atoms with Crippen molar-refractivity contribution >= 4 is 45.4 Å². The van der Waals surface area contributed by atoms with Crippen molar-refractivity contribution in [1.29, 1.82) is 0 Å². The molecule has 1 aliphatic heterocycles. The second-order valence-electron chi connectivity index (χ2n) is 8.65. The Morgan fingerprint density at radius 1 is 1.28 bits per heavy atom. The van der Waals surface area contributed by atoms with Crippen molar-refractivity contribution in [3.63, 3.8) is 0 Å². The van der Waals surface area contributed by atoms with Crippen LogP contribution in [0.25, 0.3) is 0 Å². The summed E-state index contributed by atoms with van der Waals surface area (Å²) in [6.45, 7) is 7.96. The Morgan fingerprint density at radius 2 is 2.00 bits per heavy atom. The van der Waals surface area contributed by atoms with E-state index in [4.69, 9.17) is 14.2 Å². The Kier molecular flexibility index (Phi) is 9.52. The number of halogens is 1. The molecule has 0 aromatic heterocycles. The molecule has 0 amide bonds. The van der Waals surface area contributed by atoms with Gasteiger partial charge in [0.25, 0.3) is 0 Å². The number of Topliss-reactive ketones (excluding diaryl/α,β-unsaturated/α-hetero) is 1. The fourth-order valence-corrected chi connectivity index (χ4v) is 5.68. The number of thioether (sulfide) groups is 1. The second kappa shape index (κ2) is 12.2. The highest BCUT2D eigenvalue weighted by atomic mass is 79.9. The zero-order valence-corrected chi connectivity index (χ0v) is 23.5. The Balaban J connectivity index is 2.17. The van der Waals surface area contributed by atoms with Gasteiger partial charge in [0, 0.05) is 28.6 Å². The topological polar surface area (TPSA) is 111 Å². The third kappa shape index (κ3) is 5.59. The van der Waals surface area contributed by atoms with Gasteiger partial charge in [-0.2, -0.15) is 11.8 Å². The number of carbonyl (C=O) groups is 3. The Labute approximate surface area is 223 Å². The number of rotatable bonds is 9. The van der Waals surface area contributed by atoms with E-state index in [1.165, 1.54) is 7.11 Å². The van der Waals surface area contributed by atoms with E-state index in [9.17, 15) is 19.5 Å². The average Bonchev–Trinajstić information content (AvgIpc) is 2.83. The summed E-state index contributed by atoms with van der Waals surface area (Å²) in [5.74, 6) is -1.94. The van der Waals surface area contributed by atoms with E-state index in [0.717, 1.165) is 5.75 Å². The summed E-state index contributed by atoms with van der Waals surface area (Å²) in [5.41, 5.74) is 2.39. The lowest BCUT2D eigenvalue weighted by Gasteiger charge is -2.38. The first-order chi connectivity index (χ1) is 17.2. The number of methoxy groups -OCH3 is 1. The van der Waals surface area contributed by atoms with Crippen LogP contribution in [-0.4, -0.2) is 54.7 Å². The van der Waals surface area contributed by atoms with E-state index in [2.05, 4.69) is 21.2 Å². The minimum absolute atomic E-state index is 0.0822. The monoisotopic (exact) mass is 581 g/mol. The molecule has 196 valence electrons. The Morgan fingerprint density at radius 3 is 2.64 bits per heavy atom. The fourth-order valence-electron chi connectivity index (χ4n) is 4.73. The number of phenolic OH excluding ortho intramolecular Hbond substituents is 1. The Bertz CT molecular complexity index is 1110. The molecule has 0 radical (unpaired) electrons. The number of aromatic hydroxyl groups is 1. The first kappa shape index (κ1) is 28.1. The minimum atomic E-state index is -0.985. The molecule has 36 heavy (non-hydrogen) atoms. The number of esters is 2. The van der Waals surface area contributed by atoms with Crippen molar-refractivity contribution in [2.75, 3.05) is 31.8 Å². The van der Waals surface area contributed by atoms with E-state index in [-0.39, 0.29) is 29.6 Å². The molecule has 0 bridgehead atoms. The van der Waals surface area contributed by atoms with Crippen LogP contribution in [0.5, 0.6) is 11.5 Å². The number of dihydropyridines is 1. The van der Waals surface area contributed by atoms with Gasteiger partial charge >= 0.3 is 11.9 Å². The SMILES string of the molecule is CCOc1cc([C@@H]2C(C(=O)OCCSCC)=C(C)NC3=C2C(=O)[C@@H](C(=O)OC)[C@H](C)C3)cc(Br)c1O. The average molecular weight is 583 g/mol. The lowest BCUT2D eigenvalue weighted by molar-refractivity contribution is -0.151. The summed E-state index contributed by atoms with van der Waals surface area (Å²) in [7, 11) is 1.26. The third-order valence-electron chi connectivity index (χ3n) is 6.31. The van der Waals surface area contributed by atoms with Gasteiger partial charge in [0.2, 0.25) is 0 Å². The van der Waals surface area contributed by atoms with Gasteiger partial charge in [-0.3, -0.25) is 9.59 Å². The van der Waals surface area contributed by atoms with E-state index in [1.807, 2.05) is 13.8 Å². The van der Waals surface area contributed by atoms with Gasteiger partial charge in [-0.05, 0) is 65.6 Å². The van der Waals surface area contributed by atoms with Crippen LogP contribution < -0.4 is 10.1 Å². The highest BCUT2D eigenvalue weighted by molar-refractivity contribution is 9.10. The van der Waals surface area contributed by atoms with Crippen LogP contribution in [-0.2, 0) is 23.9 Å². The van der Waals surface area contributed by atoms with Crippen LogP contribution in [0.3, 0.4) is 0 Å². The summed E-state index contributed by atoms with van der Waals surface area (Å²) in [4.78, 5) is 39.8. The molecular formula is C26H32BrNO7S. The molecule has 1 aromatic carbocycles. The van der Waals surface area contributed by atoms with Crippen molar-refractivity contribution in [1.82, 2.24) is 5.32 Å². The molecule has 1 aromatic rings. The molecule has 1 aliphatic carbocycles. The summed E-state index contributed by atoms with van der Waals surface area (Å²) >= 11 is 5.02. The van der Waals surface area contributed by atoms with Gasteiger partial charge in [0.05, 0.1) is 23.8 Å². The van der Waals surface area contributed by atoms with Crippen LogP contribution in [0.4, 0.5) is 0 Å². The van der Waals surface area contributed by atoms with E-state index in [1.54, 1.807) is 37.7 Å². The molecule has 10 heteroatoms. The van der Waals surface area contributed by atoms with Crippen molar-refractivity contribution in [3.8, 4) is 11.5 Å². The zero-order valence-electron chi connectivity index (χ0n) is 21.1. The summed E-state index contributed by atoms with van der Waals surface area (Å²) in [6, 6.07) is 3.28. The van der Waals surface area contributed by atoms with Crippen LogP contribution in [0.2, 0.25) is 0 Å². The van der Waals surface area contributed by atoms with E-state index in [0.29, 0.717) is 45.8 Å².